The zero-order valence-corrected chi connectivity index (χ0v) is 11.8. The van der Waals surface area contributed by atoms with Crippen LogP contribution in [0.25, 0.3) is 22.8 Å². The van der Waals surface area contributed by atoms with Gasteiger partial charge in [0, 0.05) is 16.5 Å². The number of rotatable bonds is 3. The number of hydrogen-bond donors (Lipinski definition) is 1. The van der Waals surface area contributed by atoms with Gasteiger partial charge < -0.3 is 4.42 Å². The topological polar surface area (TPSA) is 67.6 Å². The summed E-state index contributed by atoms with van der Waals surface area (Å²) < 4.78 is 5.89. The van der Waals surface area contributed by atoms with E-state index in [1.165, 1.54) is 0 Å². The highest BCUT2D eigenvalue weighted by Gasteiger charge is 2.20. The molecule has 0 aliphatic rings. The average Bonchev–Trinajstić information content (AvgIpc) is 3.08. The first kappa shape index (κ1) is 12.9. The summed E-state index contributed by atoms with van der Waals surface area (Å²) in [6.45, 7) is 4.10. The average molecular weight is 289 g/mol. The molecule has 2 heterocycles. The summed E-state index contributed by atoms with van der Waals surface area (Å²) in [7, 11) is 0. The van der Waals surface area contributed by atoms with E-state index in [2.05, 4.69) is 34.2 Å². The molecule has 0 saturated carbocycles. The number of H-pyrrole nitrogens is 1. The molecule has 20 heavy (non-hydrogen) atoms. The van der Waals surface area contributed by atoms with Gasteiger partial charge in [0.2, 0.25) is 5.89 Å². The maximum absolute atomic E-state index is 5.89. The van der Waals surface area contributed by atoms with Crippen molar-refractivity contribution in [2.75, 3.05) is 0 Å². The van der Waals surface area contributed by atoms with E-state index in [-0.39, 0.29) is 5.92 Å². The van der Waals surface area contributed by atoms with Crippen LogP contribution in [0.2, 0.25) is 5.02 Å². The van der Waals surface area contributed by atoms with Crippen LogP contribution in [-0.2, 0) is 0 Å². The van der Waals surface area contributed by atoms with Crippen LogP contribution >= 0.6 is 11.6 Å². The van der Waals surface area contributed by atoms with Gasteiger partial charge in [-0.1, -0.05) is 25.4 Å². The molecule has 0 unspecified atom stereocenters. The van der Waals surface area contributed by atoms with E-state index < -0.39 is 0 Å². The molecule has 0 fully saturated rings. The summed E-state index contributed by atoms with van der Waals surface area (Å²) in [5.41, 5.74) is 2.28. The normalized spacial score (nSPS) is 11.2. The fourth-order valence-electron chi connectivity index (χ4n) is 1.94. The van der Waals surface area contributed by atoms with E-state index in [4.69, 9.17) is 16.0 Å². The lowest BCUT2D eigenvalue weighted by Crippen LogP contribution is -1.89. The second-order valence-corrected chi connectivity index (χ2v) is 5.19. The molecule has 102 valence electrons. The van der Waals surface area contributed by atoms with Gasteiger partial charge in [-0.05, 0) is 24.3 Å². The summed E-state index contributed by atoms with van der Waals surface area (Å²) in [5.74, 6) is 1.56. The fourth-order valence-corrected chi connectivity index (χ4v) is 2.06. The van der Waals surface area contributed by atoms with Crippen LogP contribution in [0.15, 0.2) is 34.9 Å². The molecule has 2 aromatic heterocycles. The monoisotopic (exact) mass is 288 g/mol. The van der Waals surface area contributed by atoms with Gasteiger partial charge in [0.05, 0.1) is 6.20 Å². The second-order valence-electron chi connectivity index (χ2n) is 4.75. The zero-order valence-electron chi connectivity index (χ0n) is 11.1. The standard InChI is InChI=1S/C14H13ClN4O/c1-8(2)13-12(11-7-16-19-18-11)17-14(20-13)9-3-5-10(15)6-4-9/h3-8H,1-2H3,(H,16,18,19). The Labute approximate surface area is 121 Å². The van der Waals surface area contributed by atoms with Gasteiger partial charge in [-0.25, -0.2) is 4.98 Å². The highest BCUT2D eigenvalue weighted by molar-refractivity contribution is 6.30. The van der Waals surface area contributed by atoms with E-state index in [1.54, 1.807) is 6.20 Å². The molecule has 0 bridgehead atoms. The minimum absolute atomic E-state index is 0.204. The van der Waals surface area contributed by atoms with Crippen molar-refractivity contribution in [1.29, 1.82) is 0 Å². The Balaban J connectivity index is 2.10. The number of nitrogens with one attached hydrogen (secondary N) is 1. The number of nitrogens with zero attached hydrogens (tertiary/aromatic N) is 3. The molecule has 0 amide bonds. The first-order valence-electron chi connectivity index (χ1n) is 6.28. The lowest BCUT2D eigenvalue weighted by atomic mass is 10.1. The first-order chi connectivity index (χ1) is 9.65. The van der Waals surface area contributed by atoms with Crippen molar-refractivity contribution >= 4 is 11.6 Å². The van der Waals surface area contributed by atoms with Crippen molar-refractivity contribution in [2.45, 2.75) is 19.8 Å². The number of aromatic amines is 1. The van der Waals surface area contributed by atoms with Crippen molar-refractivity contribution in [3.63, 3.8) is 0 Å². The summed E-state index contributed by atoms with van der Waals surface area (Å²) in [4.78, 5) is 4.54. The number of hydrogen-bond acceptors (Lipinski definition) is 4. The number of halogens is 1. The lowest BCUT2D eigenvalue weighted by Gasteiger charge is -2.00. The largest absolute Gasteiger partial charge is 0.440 e. The zero-order chi connectivity index (χ0) is 14.1. The van der Waals surface area contributed by atoms with Crippen LogP contribution in [0.3, 0.4) is 0 Å². The second kappa shape index (κ2) is 5.09. The van der Waals surface area contributed by atoms with Gasteiger partial charge in [-0.15, -0.1) is 0 Å². The molecule has 0 aliphatic carbocycles. The highest BCUT2D eigenvalue weighted by Crippen LogP contribution is 2.32. The smallest absolute Gasteiger partial charge is 0.226 e. The van der Waals surface area contributed by atoms with Crippen LogP contribution in [0, 0.1) is 0 Å². The van der Waals surface area contributed by atoms with Gasteiger partial charge in [-0.2, -0.15) is 15.4 Å². The molecule has 3 rings (SSSR count). The summed E-state index contributed by atoms with van der Waals surface area (Å²) >= 11 is 5.89. The molecular formula is C14H13ClN4O. The Hall–Kier alpha value is -2.14. The van der Waals surface area contributed by atoms with E-state index in [1.807, 2.05) is 24.3 Å². The summed E-state index contributed by atoms with van der Waals surface area (Å²) in [6, 6.07) is 7.38. The number of benzene rings is 1. The van der Waals surface area contributed by atoms with E-state index in [0.29, 0.717) is 16.6 Å². The maximum Gasteiger partial charge on any atom is 0.226 e. The molecule has 1 aromatic carbocycles. The van der Waals surface area contributed by atoms with Gasteiger partial charge in [0.15, 0.2) is 0 Å². The summed E-state index contributed by atoms with van der Waals surface area (Å²) in [6.07, 6.45) is 1.63. The van der Waals surface area contributed by atoms with Crippen molar-refractivity contribution in [1.82, 2.24) is 20.4 Å². The molecule has 0 saturated heterocycles. The van der Waals surface area contributed by atoms with Crippen molar-refractivity contribution in [3.05, 3.63) is 41.2 Å². The highest BCUT2D eigenvalue weighted by atomic mass is 35.5. The molecule has 0 aliphatic heterocycles. The van der Waals surface area contributed by atoms with Crippen molar-refractivity contribution in [3.8, 4) is 22.8 Å². The molecule has 3 aromatic rings. The van der Waals surface area contributed by atoms with E-state index >= 15 is 0 Å². The first-order valence-corrected chi connectivity index (χ1v) is 6.65. The minimum atomic E-state index is 0.204. The number of aromatic nitrogens is 4. The van der Waals surface area contributed by atoms with Crippen LogP contribution in [0.4, 0.5) is 0 Å². The Morgan fingerprint density at radius 3 is 2.55 bits per heavy atom. The maximum atomic E-state index is 5.89. The molecule has 0 atom stereocenters. The minimum Gasteiger partial charge on any atom is -0.440 e. The lowest BCUT2D eigenvalue weighted by molar-refractivity contribution is 0.496. The molecule has 0 spiro atoms. The van der Waals surface area contributed by atoms with Gasteiger partial charge in [0.1, 0.15) is 17.1 Å². The Morgan fingerprint density at radius 1 is 1.20 bits per heavy atom. The molecular weight excluding hydrogens is 276 g/mol. The third-order valence-corrected chi connectivity index (χ3v) is 3.18. The predicted molar refractivity (Wildman–Crippen MR) is 76.4 cm³/mol. The van der Waals surface area contributed by atoms with Crippen LogP contribution in [0.5, 0.6) is 0 Å². The predicted octanol–water partition coefficient (Wildman–Crippen LogP) is 3.90. The molecule has 0 radical (unpaired) electrons. The fraction of sp³-hybridized carbons (Fsp3) is 0.214. The number of oxazole rings is 1. The molecule has 6 heteroatoms. The Kier molecular flexibility index (Phi) is 3.28. The van der Waals surface area contributed by atoms with Crippen LogP contribution in [-0.4, -0.2) is 20.4 Å². The Morgan fingerprint density at radius 2 is 1.95 bits per heavy atom. The molecule has 1 N–H and O–H groups in total. The Bertz CT molecular complexity index is 701. The van der Waals surface area contributed by atoms with Crippen LogP contribution in [0.1, 0.15) is 25.5 Å². The molecule has 5 nitrogen and oxygen atoms in total. The third-order valence-electron chi connectivity index (χ3n) is 2.93. The third kappa shape index (κ3) is 2.32. The van der Waals surface area contributed by atoms with E-state index in [9.17, 15) is 0 Å². The summed E-state index contributed by atoms with van der Waals surface area (Å²) in [5, 5.41) is 11.2. The quantitative estimate of drug-likeness (QED) is 0.793. The van der Waals surface area contributed by atoms with Crippen LogP contribution < -0.4 is 0 Å². The van der Waals surface area contributed by atoms with Gasteiger partial charge in [-0.3, -0.25) is 0 Å². The van der Waals surface area contributed by atoms with Gasteiger partial charge in [0.25, 0.3) is 0 Å². The van der Waals surface area contributed by atoms with Crippen molar-refractivity contribution < 1.29 is 4.42 Å². The van der Waals surface area contributed by atoms with Crippen molar-refractivity contribution in [2.24, 2.45) is 0 Å². The SMILES string of the molecule is CC(C)c1oc(-c2ccc(Cl)cc2)nc1-c1cn[nH]n1. The van der Waals surface area contributed by atoms with E-state index in [0.717, 1.165) is 17.0 Å². The van der Waals surface area contributed by atoms with Gasteiger partial charge >= 0.3 is 0 Å².